The predicted octanol–water partition coefficient (Wildman–Crippen LogP) is 3.37. The molecule has 0 radical (unpaired) electrons. The van der Waals surface area contributed by atoms with Crippen molar-refractivity contribution in [1.29, 1.82) is 0 Å². The van der Waals surface area contributed by atoms with Gasteiger partial charge in [-0.2, -0.15) is 5.10 Å². The third kappa shape index (κ3) is 3.74. The van der Waals surface area contributed by atoms with Crippen LogP contribution >= 0.6 is 0 Å². The molecule has 1 fully saturated rings. The molecule has 2 aliphatic rings. The Morgan fingerprint density at radius 2 is 2.24 bits per heavy atom. The summed E-state index contributed by atoms with van der Waals surface area (Å²) >= 11 is 0. The molecule has 4 heteroatoms. The number of ether oxygens (including phenoxy) is 1. The lowest BCUT2D eigenvalue weighted by atomic mass is 9.89. The first-order valence-electron chi connectivity index (χ1n) is 8.15. The standard InChI is InChI=1S/C17H27N3O/c1-17(2)9-4-5-11-19(14-17)13-15-8-10-18-20(15)16-7-3-6-12-21-16/h4-5,8,10,16H,3,6-7,9,11-14H2,1-2H3/t16-/m1/s1. The van der Waals surface area contributed by atoms with Crippen molar-refractivity contribution < 1.29 is 4.74 Å². The second-order valence-electron chi connectivity index (χ2n) is 7.10. The van der Waals surface area contributed by atoms with Crippen molar-refractivity contribution >= 4 is 0 Å². The molecule has 116 valence electrons. The van der Waals surface area contributed by atoms with E-state index in [2.05, 4.69) is 46.7 Å². The van der Waals surface area contributed by atoms with Crippen LogP contribution in [-0.2, 0) is 11.3 Å². The van der Waals surface area contributed by atoms with E-state index in [1.165, 1.54) is 18.5 Å². The normalized spacial score (nSPS) is 26.7. The van der Waals surface area contributed by atoms with Crippen LogP contribution in [0.5, 0.6) is 0 Å². The van der Waals surface area contributed by atoms with Crippen LogP contribution in [0, 0.1) is 5.41 Å². The summed E-state index contributed by atoms with van der Waals surface area (Å²) in [5, 5.41) is 4.51. The van der Waals surface area contributed by atoms with Crippen LogP contribution in [0.15, 0.2) is 24.4 Å². The van der Waals surface area contributed by atoms with Crippen LogP contribution in [0.2, 0.25) is 0 Å². The average Bonchev–Trinajstić information content (AvgIpc) is 2.84. The van der Waals surface area contributed by atoms with Gasteiger partial charge in [-0.05, 0) is 37.2 Å². The molecule has 0 aromatic carbocycles. The maximum atomic E-state index is 5.89. The molecule has 3 heterocycles. The van der Waals surface area contributed by atoms with Gasteiger partial charge in [-0.15, -0.1) is 0 Å². The highest BCUT2D eigenvalue weighted by atomic mass is 16.5. The first kappa shape index (κ1) is 14.8. The third-order valence-electron chi connectivity index (χ3n) is 4.42. The summed E-state index contributed by atoms with van der Waals surface area (Å²) in [4.78, 5) is 2.51. The van der Waals surface area contributed by atoms with E-state index in [1.807, 2.05) is 6.20 Å². The van der Waals surface area contributed by atoms with Gasteiger partial charge in [-0.25, -0.2) is 4.68 Å². The molecule has 0 aliphatic carbocycles. The lowest BCUT2D eigenvalue weighted by Crippen LogP contribution is -2.33. The van der Waals surface area contributed by atoms with Crippen molar-refractivity contribution in [2.45, 2.75) is 52.3 Å². The lowest BCUT2D eigenvalue weighted by molar-refractivity contribution is -0.0421. The maximum absolute atomic E-state index is 5.89. The fourth-order valence-electron chi connectivity index (χ4n) is 3.35. The fraction of sp³-hybridized carbons (Fsp3) is 0.706. The van der Waals surface area contributed by atoms with Crippen molar-refractivity contribution in [3.05, 3.63) is 30.1 Å². The van der Waals surface area contributed by atoms with Crippen LogP contribution in [0.4, 0.5) is 0 Å². The van der Waals surface area contributed by atoms with E-state index in [-0.39, 0.29) is 6.23 Å². The molecule has 3 rings (SSSR count). The molecule has 21 heavy (non-hydrogen) atoms. The molecule has 2 aliphatic heterocycles. The molecule has 0 unspecified atom stereocenters. The summed E-state index contributed by atoms with van der Waals surface area (Å²) in [6.07, 6.45) is 11.3. The van der Waals surface area contributed by atoms with Crippen molar-refractivity contribution in [3.8, 4) is 0 Å². The third-order valence-corrected chi connectivity index (χ3v) is 4.42. The van der Waals surface area contributed by atoms with Crippen LogP contribution in [-0.4, -0.2) is 34.4 Å². The Bertz CT molecular complexity index is 486. The Morgan fingerprint density at radius 1 is 1.33 bits per heavy atom. The molecule has 0 amide bonds. The van der Waals surface area contributed by atoms with Gasteiger partial charge < -0.3 is 4.74 Å². The Morgan fingerprint density at radius 3 is 3.05 bits per heavy atom. The van der Waals surface area contributed by atoms with Gasteiger partial charge in [0.1, 0.15) is 0 Å². The zero-order valence-corrected chi connectivity index (χ0v) is 13.3. The van der Waals surface area contributed by atoms with Crippen LogP contribution in [0.25, 0.3) is 0 Å². The van der Waals surface area contributed by atoms with Crippen molar-refractivity contribution in [1.82, 2.24) is 14.7 Å². The van der Waals surface area contributed by atoms with Crippen molar-refractivity contribution in [3.63, 3.8) is 0 Å². The number of hydrogen-bond acceptors (Lipinski definition) is 3. The van der Waals surface area contributed by atoms with Gasteiger partial charge in [0.05, 0.1) is 5.69 Å². The van der Waals surface area contributed by atoms with Crippen LogP contribution < -0.4 is 0 Å². The van der Waals surface area contributed by atoms with Crippen LogP contribution in [0.3, 0.4) is 0 Å². The van der Waals surface area contributed by atoms with Gasteiger partial charge in [0, 0.05) is 32.4 Å². The molecular formula is C17H27N3O. The summed E-state index contributed by atoms with van der Waals surface area (Å²) in [5.74, 6) is 0. The van der Waals surface area contributed by atoms with E-state index in [9.17, 15) is 0 Å². The molecule has 1 atom stereocenters. The fourth-order valence-corrected chi connectivity index (χ4v) is 3.35. The predicted molar refractivity (Wildman–Crippen MR) is 83.9 cm³/mol. The maximum Gasteiger partial charge on any atom is 0.150 e. The summed E-state index contributed by atoms with van der Waals surface area (Å²) < 4.78 is 7.98. The minimum absolute atomic E-state index is 0.138. The first-order valence-corrected chi connectivity index (χ1v) is 8.15. The number of rotatable bonds is 3. The molecule has 1 aromatic heterocycles. The summed E-state index contributed by atoms with van der Waals surface area (Å²) in [5.41, 5.74) is 1.62. The van der Waals surface area contributed by atoms with Gasteiger partial charge >= 0.3 is 0 Å². The monoisotopic (exact) mass is 289 g/mol. The molecule has 0 saturated carbocycles. The van der Waals surface area contributed by atoms with E-state index in [1.54, 1.807) is 0 Å². The lowest BCUT2D eigenvalue weighted by Gasteiger charge is -2.30. The number of allylic oxidation sites excluding steroid dienone is 1. The van der Waals surface area contributed by atoms with Gasteiger partial charge in [0.15, 0.2) is 6.23 Å². The Balaban J connectivity index is 1.70. The first-order chi connectivity index (χ1) is 10.1. The second kappa shape index (κ2) is 6.32. The zero-order chi connectivity index (χ0) is 14.7. The smallest absolute Gasteiger partial charge is 0.150 e. The highest BCUT2D eigenvalue weighted by molar-refractivity contribution is 5.04. The Hall–Kier alpha value is -1.13. The highest BCUT2D eigenvalue weighted by Gasteiger charge is 2.24. The van der Waals surface area contributed by atoms with Crippen LogP contribution in [0.1, 0.15) is 51.5 Å². The molecule has 0 N–H and O–H groups in total. The van der Waals surface area contributed by atoms with E-state index in [0.29, 0.717) is 5.41 Å². The van der Waals surface area contributed by atoms with Crippen molar-refractivity contribution in [2.24, 2.45) is 5.41 Å². The highest BCUT2D eigenvalue weighted by Crippen LogP contribution is 2.27. The molecular weight excluding hydrogens is 262 g/mol. The van der Waals surface area contributed by atoms with E-state index in [0.717, 1.165) is 39.1 Å². The number of hydrogen-bond donors (Lipinski definition) is 0. The van der Waals surface area contributed by atoms with Gasteiger partial charge in [-0.3, -0.25) is 4.90 Å². The summed E-state index contributed by atoms with van der Waals surface area (Å²) in [6, 6.07) is 2.14. The molecule has 1 saturated heterocycles. The number of nitrogens with zero attached hydrogens (tertiary/aromatic N) is 3. The van der Waals surface area contributed by atoms with Gasteiger partial charge in [0.2, 0.25) is 0 Å². The summed E-state index contributed by atoms with van der Waals surface area (Å²) in [6.45, 7) is 8.66. The Kier molecular flexibility index (Phi) is 4.45. The van der Waals surface area contributed by atoms with E-state index < -0.39 is 0 Å². The summed E-state index contributed by atoms with van der Waals surface area (Å²) in [7, 11) is 0. The number of aromatic nitrogens is 2. The Labute approximate surface area is 127 Å². The van der Waals surface area contributed by atoms with E-state index in [4.69, 9.17) is 4.74 Å². The molecule has 0 bridgehead atoms. The second-order valence-corrected chi connectivity index (χ2v) is 7.10. The van der Waals surface area contributed by atoms with Gasteiger partial charge in [0.25, 0.3) is 0 Å². The average molecular weight is 289 g/mol. The quantitative estimate of drug-likeness (QED) is 0.799. The topological polar surface area (TPSA) is 30.3 Å². The minimum atomic E-state index is 0.138. The molecule has 0 spiro atoms. The SMILES string of the molecule is CC1(C)CC=CCN(Cc2ccnn2[C@H]2CCCCO2)C1. The van der Waals surface area contributed by atoms with Gasteiger partial charge in [-0.1, -0.05) is 26.0 Å². The zero-order valence-electron chi connectivity index (χ0n) is 13.3. The molecule has 1 aromatic rings. The molecule has 4 nitrogen and oxygen atoms in total. The van der Waals surface area contributed by atoms with Crippen molar-refractivity contribution in [2.75, 3.05) is 19.7 Å². The van der Waals surface area contributed by atoms with E-state index >= 15 is 0 Å². The minimum Gasteiger partial charge on any atom is -0.357 e. The largest absolute Gasteiger partial charge is 0.357 e.